The van der Waals surface area contributed by atoms with E-state index in [9.17, 15) is 0 Å². The van der Waals surface area contributed by atoms with Crippen LogP contribution in [0.5, 0.6) is 0 Å². The van der Waals surface area contributed by atoms with Gasteiger partial charge in [0, 0.05) is 27.5 Å². The molecular formula is C53H33N3O. The minimum Gasteiger partial charge on any atom is -0.456 e. The summed E-state index contributed by atoms with van der Waals surface area (Å²) in [6.45, 7) is 0. The first-order valence-corrected chi connectivity index (χ1v) is 19.2. The Balaban J connectivity index is 1.12. The van der Waals surface area contributed by atoms with Crippen LogP contribution >= 0.6 is 0 Å². The van der Waals surface area contributed by atoms with Crippen molar-refractivity contribution in [1.82, 2.24) is 15.0 Å². The summed E-state index contributed by atoms with van der Waals surface area (Å²) in [7, 11) is 0. The Bertz CT molecular complexity index is 3300. The summed E-state index contributed by atoms with van der Waals surface area (Å²) in [5.41, 5.74) is 11.1. The van der Waals surface area contributed by atoms with Gasteiger partial charge in [-0.1, -0.05) is 158 Å². The van der Waals surface area contributed by atoms with Crippen LogP contribution in [0, 0.1) is 0 Å². The van der Waals surface area contributed by atoms with Crippen molar-refractivity contribution in [1.29, 1.82) is 0 Å². The molecule has 0 amide bonds. The molecule has 9 aromatic carbocycles. The fourth-order valence-corrected chi connectivity index (χ4v) is 7.99. The van der Waals surface area contributed by atoms with Crippen molar-refractivity contribution in [2.45, 2.75) is 0 Å². The predicted octanol–water partition coefficient (Wildman–Crippen LogP) is 14.1. The third-order valence-electron chi connectivity index (χ3n) is 10.9. The van der Waals surface area contributed by atoms with Gasteiger partial charge < -0.3 is 4.42 Å². The van der Waals surface area contributed by atoms with Gasteiger partial charge in [-0.25, -0.2) is 15.0 Å². The number of furan rings is 1. The van der Waals surface area contributed by atoms with Gasteiger partial charge in [-0.3, -0.25) is 0 Å². The fraction of sp³-hybridized carbons (Fsp3) is 0. The van der Waals surface area contributed by atoms with E-state index in [1.54, 1.807) is 0 Å². The molecule has 0 fully saturated rings. The van der Waals surface area contributed by atoms with Gasteiger partial charge >= 0.3 is 0 Å². The van der Waals surface area contributed by atoms with Gasteiger partial charge in [0.25, 0.3) is 0 Å². The van der Waals surface area contributed by atoms with E-state index in [1.807, 2.05) is 24.3 Å². The summed E-state index contributed by atoms with van der Waals surface area (Å²) in [6.07, 6.45) is 0. The Morgan fingerprint density at radius 2 is 0.772 bits per heavy atom. The van der Waals surface area contributed by atoms with Gasteiger partial charge in [0.2, 0.25) is 0 Å². The van der Waals surface area contributed by atoms with Crippen molar-refractivity contribution in [2.75, 3.05) is 0 Å². The summed E-state index contributed by atoms with van der Waals surface area (Å²) in [5.74, 6) is 1.78. The molecule has 266 valence electrons. The van der Waals surface area contributed by atoms with Crippen molar-refractivity contribution in [2.24, 2.45) is 0 Å². The number of hydrogen-bond acceptors (Lipinski definition) is 4. The molecule has 0 aliphatic heterocycles. The fourth-order valence-electron chi connectivity index (χ4n) is 7.99. The molecule has 0 saturated carbocycles. The lowest BCUT2D eigenvalue weighted by molar-refractivity contribution is 0.669. The Kier molecular flexibility index (Phi) is 7.78. The maximum Gasteiger partial charge on any atom is 0.164 e. The van der Waals surface area contributed by atoms with Crippen LogP contribution in [-0.2, 0) is 0 Å². The van der Waals surface area contributed by atoms with E-state index < -0.39 is 0 Å². The summed E-state index contributed by atoms with van der Waals surface area (Å²) in [5, 5.41) is 6.78. The molecule has 0 aliphatic rings. The van der Waals surface area contributed by atoms with Gasteiger partial charge in [-0.2, -0.15) is 0 Å². The van der Waals surface area contributed by atoms with E-state index in [1.165, 1.54) is 21.9 Å². The standard InChI is InChI=1S/C53H33N3O/c1-3-12-34(13-4-1)38-18-11-19-43(30-38)51-54-52(44-27-25-40-28-39(23-24-41(40)31-44)35-14-5-2-6-15-35)56-53(55-51)45-32-47(42-26-22-36-16-7-8-17-37(36)29-42)50-46-20-9-10-21-48(46)57-49(50)33-45/h1-33H. The molecule has 0 radical (unpaired) electrons. The zero-order valence-electron chi connectivity index (χ0n) is 30.8. The number of benzene rings is 9. The molecule has 0 atom stereocenters. The van der Waals surface area contributed by atoms with Crippen molar-refractivity contribution >= 4 is 43.5 Å². The zero-order valence-corrected chi connectivity index (χ0v) is 30.8. The molecule has 11 aromatic rings. The first-order chi connectivity index (χ1) is 28.2. The average molecular weight is 728 g/mol. The maximum absolute atomic E-state index is 6.58. The van der Waals surface area contributed by atoms with Crippen molar-refractivity contribution in [3.8, 4) is 67.5 Å². The number of rotatable bonds is 6. The van der Waals surface area contributed by atoms with Crippen molar-refractivity contribution < 1.29 is 4.42 Å². The van der Waals surface area contributed by atoms with Crippen molar-refractivity contribution in [3.63, 3.8) is 0 Å². The molecule has 4 heteroatoms. The average Bonchev–Trinajstić information content (AvgIpc) is 3.67. The molecule has 0 bridgehead atoms. The van der Waals surface area contributed by atoms with Gasteiger partial charge in [0.05, 0.1) is 0 Å². The van der Waals surface area contributed by atoms with Crippen LogP contribution in [-0.4, -0.2) is 15.0 Å². The van der Waals surface area contributed by atoms with E-state index in [2.05, 4.69) is 176 Å². The largest absolute Gasteiger partial charge is 0.456 e. The zero-order chi connectivity index (χ0) is 37.7. The molecule has 4 nitrogen and oxygen atoms in total. The lowest BCUT2D eigenvalue weighted by Gasteiger charge is -2.12. The van der Waals surface area contributed by atoms with Gasteiger partial charge in [0.1, 0.15) is 11.2 Å². The maximum atomic E-state index is 6.58. The normalized spacial score (nSPS) is 11.5. The van der Waals surface area contributed by atoms with E-state index in [0.717, 1.165) is 71.7 Å². The molecule has 0 saturated heterocycles. The van der Waals surface area contributed by atoms with Crippen LogP contribution in [0.2, 0.25) is 0 Å². The predicted molar refractivity (Wildman–Crippen MR) is 235 cm³/mol. The lowest BCUT2D eigenvalue weighted by Crippen LogP contribution is -2.00. The lowest BCUT2D eigenvalue weighted by atomic mass is 9.95. The molecule has 2 aromatic heterocycles. The molecule has 57 heavy (non-hydrogen) atoms. The summed E-state index contributed by atoms with van der Waals surface area (Å²) < 4.78 is 6.58. The number of nitrogens with zero attached hydrogens (tertiary/aromatic N) is 3. The molecule has 0 spiro atoms. The summed E-state index contributed by atoms with van der Waals surface area (Å²) in [6, 6.07) is 70.0. The van der Waals surface area contributed by atoms with Gasteiger partial charge in [-0.15, -0.1) is 0 Å². The van der Waals surface area contributed by atoms with Crippen LogP contribution in [0.4, 0.5) is 0 Å². The number of para-hydroxylation sites is 1. The topological polar surface area (TPSA) is 51.8 Å². The Morgan fingerprint density at radius 3 is 1.53 bits per heavy atom. The quantitative estimate of drug-likeness (QED) is 0.171. The number of hydrogen-bond donors (Lipinski definition) is 0. The number of fused-ring (bicyclic) bond motifs is 5. The highest BCUT2D eigenvalue weighted by atomic mass is 16.3. The molecule has 0 N–H and O–H groups in total. The van der Waals surface area contributed by atoms with Gasteiger partial charge in [-0.05, 0) is 97.4 Å². The smallest absolute Gasteiger partial charge is 0.164 e. The van der Waals surface area contributed by atoms with Crippen LogP contribution < -0.4 is 0 Å². The third-order valence-corrected chi connectivity index (χ3v) is 10.9. The Hall–Kier alpha value is -7.69. The van der Waals surface area contributed by atoms with Crippen molar-refractivity contribution in [3.05, 3.63) is 200 Å². The molecular weight excluding hydrogens is 695 g/mol. The molecule has 0 aliphatic carbocycles. The highest BCUT2D eigenvalue weighted by molar-refractivity contribution is 6.14. The van der Waals surface area contributed by atoms with Crippen LogP contribution in [0.1, 0.15) is 0 Å². The molecule has 11 rings (SSSR count). The third kappa shape index (κ3) is 6.01. The van der Waals surface area contributed by atoms with Crippen LogP contribution in [0.15, 0.2) is 205 Å². The molecule has 0 unspecified atom stereocenters. The minimum atomic E-state index is 0.573. The second-order valence-corrected chi connectivity index (χ2v) is 14.5. The second-order valence-electron chi connectivity index (χ2n) is 14.5. The summed E-state index contributed by atoms with van der Waals surface area (Å²) >= 11 is 0. The highest BCUT2D eigenvalue weighted by Crippen LogP contribution is 2.41. The highest BCUT2D eigenvalue weighted by Gasteiger charge is 2.19. The van der Waals surface area contributed by atoms with Gasteiger partial charge in [0.15, 0.2) is 17.5 Å². The Labute approximate surface area is 329 Å². The first kappa shape index (κ1) is 32.7. The SMILES string of the molecule is c1ccc(-c2cccc(-c3nc(-c4ccc5cc(-c6ccccc6)ccc5c4)nc(-c4cc(-c5ccc6ccccc6c5)c5c(c4)oc4ccccc45)n3)c2)cc1. The van der Waals surface area contributed by atoms with E-state index in [0.29, 0.717) is 17.5 Å². The van der Waals surface area contributed by atoms with E-state index >= 15 is 0 Å². The number of aromatic nitrogens is 3. The first-order valence-electron chi connectivity index (χ1n) is 19.2. The molecule has 2 heterocycles. The van der Waals surface area contributed by atoms with E-state index in [-0.39, 0.29) is 0 Å². The van der Waals surface area contributed by atoms with Crippen LogP contribution in [0.25, 0.3) is 111 Å². The monoisotopic (exact) mass is 727 g/mol. The Morgan fingerprint density at radius 1 is 0.281 bits per heavy atom. The minimum absolute atomic E-state index is 0.573. The second kappa shape index (κ2) is 13.6. The van der Waals surface area contributed by atoms with E-state index in [4.69, 9.17) is 19.4 Å². The summed E-state index contributed by atoms with van der Waals surface area (Å²) in [4.78, 5) is 15.6. The van der Waals surface area contributed by atoms with Crippen LogP contribution in [0.3, 0.4) is 0 Å².